The van der Waals surface area contributed by atoms with E-state index >= 15 is 0 Å². The maximum absolute atomic E-state index is 13.7. The zero-order valence-corrected chi connectivity index (χ0v) is 22.3. The van der Waals surface area contributed by atoms with E-state index in [4.69, 9.17) is 9.47 Å². The highest BCUT2D eigenvalue weighted by atomic mass is 32.2. The summed E-state index contributed by atoms with van der Waals surface area (Å²) in [7, 11) is 2.67. The van der Waals surface area contributed by atoms with Gasteiger partial charge in [-0.1, -0.05) is 115 Å². The van der Waals surface area contributed by atoms with Crippen LogP contribution in [0.15, 0.2) is 119 Å². The van der Waals surface area contributed by atoms with E-state index in [9.17, 15) is 9.59 Å². The van der Waals surface area contributed by atoms with Gasteiger partial charge in [0, 0.05) is 26.5 Å². The van der Waals surface area contributed by atoms with E-state index in [1.807, 2.05) is 84.9 Å². The molecule has 0 amide bonds. The lowest BCUT2D eigenvalue weighted by Crippen LogP contribution is -2.17. The predicted molar refractivity (Wildman–Crippen MR) is 155 cm³/mol. The molecule has 0 bridgehead atoms. The quantitative estimate of drug-likeness (QED) is 0.215. The zero-order valence-electron chi connectivity index (χ0n) is 21.4. The third-order valence-electron chi connectivity index (χ3n) is 6.94. The maximum atomic E-state index is 13.7. The Morgan fingerprint density at radius 2 is 0.974 bits per heavy atom. The molecule has 4 nitrogen and oxygen atoms in total. The van der Waals surface area contributed by atoms with Gasteiger partial charge in [-0.2, -0.15) is 0 Å². The number of esters is 2. The molecule has 1 aliphatic heterocycles. The standard InChI is InChI=1S/C34H24O4S/c1-37-33(35)30-27(21-13-5-3-6-14-21)29-25-19-10-9-17-23(25)24-18-11-12-20-26(24)39-32(29)28(31(30)34(36)38-2)22-15-7-4-8-16-22/h3-20H,1-2H3. The minimum absolute atomic E-state index is 0.189. The van der Waals surface area contributed by atoms with Crippen molar-refractivity contribution >= 4 is 23.7 Å². The first-order valence-corrected chi connectivity index (χ1v) is 13.3. The van der Waals surface area contributed by atoms with Crippen LogP contribution in [0.3, 0.4) is 0 Å². The number of benzene rings is 5. The first kappa shape index (κ1) is 24.7. The maximum Gasteiger partial charge on any atom is 0.339 e. The van der Waals surface area contributed by atoms with E-state index in [1.165, 1.54) is 14.2 Å². The van der Waals surface area contributed by atoms with Crippen molar-refractivity contribution in [1.29, 1.82) is 0 Å². The van der Waals surface area contributed by atoms with E-state index in [0.29, 0.717) is 11.1 Å². The SMILES string of the molecule is COC(=O)c1c(C(=O)OC)c(-c2ccccc2)c2c(c1-c1ccccc1)Sc1ccccc1-c1ccccc1-2. The highest BCUT2D eigenvalue weighted by molar-refractivity contribution is 7.99. The molecule has 0 aromatic heterocycles. The topological polar surface area (TPSA) is 52.6 Å². The van der Waals surface area contributed by atoms with Gasteiger partial charge in [0.1, 0.15) is 0 Å². The summed E-state index contributed by atoms with van der Waals surface area (Å²) in [5.74, 6) is -1.20. The monoisotopic (exact) mass is 528 g/mol. The Hall–Kier alpha value is -4.61. The van der Waals surface area contributed by atoms with Gasteiger partial charge in [-0.05, 0) is 33.9 Å². The number of hydrogen-bond acceptors (Lipinski definition) is 5. The van der Waals surface area contributed by atoms with Gasteiger partial charge in [0.2, 0.25) is 0 Å². The van der Waals surface area contributed by atoms with Crippen molar-refractivity contribution < 1.29 is 19.1 Å². The fraction of sp³-hybridized carbons (Fsp3) is 0.0588. The van der Waals surface area contributed by atoms with Gasteiger partial charge in [-0.3, -0.25) is 0 Å². The summed E-state index contributed by atoms with van der Waals surface area (Å²) in [5.41, 5.74) is 7.28. The van der Waals surface area contributed by atoms with Crippen LogP contribution in [0.2, 0.25) is 0 Å². The zero-order chi connectivity index (χ0) is 26.9. The Morgan fingerprint density at radius 1 is 0.513 bits per heavy atom. The van der Waals surface area contributed by atoms with E-state index in [2.05, 4.69) is 24.3 Å². The second-order valence-corrected chi connectivity index (χ2v) is 10.1. The third-order valence-corrected chi connectivity index (χ3v) is 8.13. The third kappa shape index (κ3) is 4.12. The van der Waals surface area contributed by atoms with Crippen LogP contribution in [0, 0.1) is 0 Å². The van der Waals surface area contributed by atoms with Gasteiger partial charge in [0.05, 0.1) is 25.3 Å². The molecule has 0 spiro atoms. The Kier molecular flexibility index (Phi) is 6.51. The fourth-order valence-corrected chi connectivity index (χ4v) is 6.59. The normalized spacial score (nSPS) is 11.4. The molecule has 6 rings (SSSR count). The Bertz CT molecular complexity index is 1730. The van der Waals surface area contributed by atoms with Crippen LogP contribution in [0.5, 0.6) is 0 Å². The van der Waals surface area contributed by atoms with E-state index in [0.717, 1.165) is 43.2 Å². The molecule has 0 atom stereocenters. The highest BCUT2D eigenvalue weighted by Crippen LogP contribution is 2.56. The van der Waals surface area contributed by atoms with Crippen LogP contribution in [-0.2, 0) is 9.47 Å². The number of rotatable bonds is 4. The lowest BCUT2D eigenvalue weighted by atomic mass is 9.81. The van der Waals surface area contributed by atoms with Crippen molar-refractivity contribution in [2.45, 2.75) is 9.79 Å². The Labute approximate surface area is 231 Å². The van der Waals surface area contributed by atoms with Gasteiger partial charge >= 0.3 is 11.9 Å². The van der Waals surface area contributed by atoms with Crippen LogP contribution in [0.1, 0.15) is 20.7 Å². The van der Waals surface area contributed by atoms with Crippen molar-refractivity contribution in [3.8, 4) is 44.5 Å². The number of methoxy groups -OCH3 is 2. The molecule has 5 heteroatoms. The molecule has 39 heavy (non-hydrogen) atoms. The predicted octanol–water partition coefficient (Wildman–Crippen LogP) is 8.39. The molecule has 1 aliphatic rings. The summed E-state index contributed by atoms with van der Waals surface area (Å²) >= 11 is 1.60. The lowest BCUT2D eigenvalue weighted by molar-refractivity contribution is 0.0556. The molecule has 0 aliphatic carbocycles. The van der Waals surface area contributed by atoms with Crippen LogP contribution in [0.4, 0.5) is 0 Å². The molecule has 5 aromatic rings. The molecule has 0 fully saturated rings. The number of ether oxygens (including phenoxy) is 2. The second-order valence-electron chi connectivity index (χ2n) is 9.06. The number of carbonyl (C=O) groups is 2. The Morgan fingerprint density at radius 3 is 1.56 bits per heavy atom. The number of fused-ring (bicyclic) bond motifs is 5. The summed E-state index contributed by atoms with van der Waals surface area (Å²) in [6, 6.07) is 35.8. The van der Waals surface area contributed by atoms with Gasteiger partial charge in [-0.25, -0.2) is 9.59 Å². The van der Waals surface area contributed by atoms with Crippen LogP contribution in [-0.4, -0.2) is 26.2 Å². The molecule has 1 heterocycles. The Balaban J connectivity index is 1.92. The summed E-state index contributed by atoms with van der Waals surface area (Å²) < 4.78 is 10.7. The van der Waals surface area contributed by atoms with Gasteiger partial charge < -0.3 is 9.47 Å². The average Bonchev–Trinajstić information content (AvgIpc) is 3.14. The molecule has 0 saturated heterocycles. The molecule has 190 valence electrons. The molecular weight excluding hydrogens is 504 g/mol. The van der Waals surface area contributed by atoms with Gasteiger partial charge in [0.25, 0.3) is 0 Å². The molecule has 5 aromatic carbocycles. The molecule has 0 saturated carbocycles. The van der Waals surface area contributed by atoms with Gasteiger partial charge in [0.15, 0.2) is 0 Å². The summed E-state index contributed by atoms with van der Waals surface area (Å²) in [6.07, 6.45) is 0. The number of hydrogen-bond donors (Lipinski definition) is 0. The highest BCUT2D eigenvalue weighted by Gasteiger charge is 2.36. The summed E-state index contributed by atoms with van der Waals surface area (Å²) in [6.45, 7) is 0. The van der Waals surface area contributed by atoms with E-state index in [-0.39, 0.29) is 11.1 Å². The summed E-state index contributed by atoms with van der Waals surface area (Å²) in [5, 5.41) is 0. The molecule has 0 N–H and O–H groups in total. The fourth-order valence-electron chi connectivity index (χ4n) is 5.30. The average molecular weight is 529 g/mol. The minimum Gasteiger partial charge on any atom is -0.465 e. The van der Waals surface area contributed by atoms with Crippen molar-refractivity contribution in [3.05, 3.63) is 120 Å². The van der Waals surface area contributed by atoms with Crippen LogP contribution >= 0.6 is 11.8 Å². The molecule has 0 unspecified atom stereocenters. The first-order chi connectivity index (χ1) is 19.1. The van der Waals surface area contributed by atoms with E-state index in [1.54, 1.807) is 11.8 Å². The largest absolute Gasteiger partial charge is 0.465 e. The van der Waals surface area contributed by atoms with Gasteiger partial charge in [-0.15, -0.1) is 0 Å². The smallest absolute Gasteiger partial charge is 0.339 e. The van der Waals surface area contributed by atoms with E-state index < -0.39 is 11.9 Å². The molecule has 0 radical (unpaired) electrons. The summed E-state index contributed by atoms with van der Waals surface area (Å²) in [4.78, 5) is 29.3. The first-order valence-electron chi connectivity index (χ1n) is 12.5. The van der Waals surface area contributed by atoms with Crippen LogP contribution < -0.4 is 0 Å². The second kappa shape index (κ2) is 10.3. The number of carbonyl (C=O) groups excluding carboxylic acids is 2. The van der Waals surface area contributed by atoms with Crippen molar-refractivity contribution in [1.82, 2.24) is 0 Å². The van der Waals surface area contributed by atoms with Crippen LogP contribution in [0.25, 0.3) is 44.5 Å². The molecular formula is C34H24O4S. The van der Waals surface area contributed by atoms with Crippen molar-refractivity contribution in [2.75, 3.05) is 14.2 Å². The minimum atomic E-state index is -0.599. The van der Waals surface area contributed by atoms with Crippen molar-refractivity contribution in [3.63, 3.8) is 0 Å². The van der Waals surface area contributed by atoms with Crippen molar-refractivity contribution in [2.24, 2.45) is 0 Å². The lowest BCUT2D eigenvalue weighted by Gasteiger charge is -2.25.